The number of rotatable bonds is 2. The van der Waals surface area contributed by atoms with E-state index < -0.39 is 11.8 Å². The summed E-state index contributed by atoms with van der Waals surface area (Å²) in [7, 11) is 0. The number of hydrogen-bond acceptors (Lipinski definition) is 3. The van der Waals surface area contributed by atoms with Crippen LogP contribution in [0, 0.1) is 6.92 Å². The van der Waals surface area contributed by atoms with Crippen molar-refractivity contribution < 1.29 is 14.7 Å². The number of amides is 2. The van der Waals surface area contributed by atoms with E-state index >= 15 is 0 Å². The third-order valence-corrected chi connectivity index (χ3v) is 3.93. The van der Waals surface area contributed by atoms with E-state index in [4.69, 9.17) is 0 Å². The van der Waals surface area contributed by atoms with E-state index in [0.717, 1.165) is 10.0 Å². The number of anilines is 1. The number of nitrogens with one attached hydrogen (secondary N) is 1. The van der Waals surface area contributed by atoms with Gasteiger partial charge in [-0.25, -0.2) is 5.01 Å². The van der Waals surface area contributed by atoms with Crippen molar-refractivity contribution in [3.05, 3.63) is 63.6 Å². The van der Waals surface area contributed by atoms with Crippen molar-refractivity contribution in [2.24, 2.45) is 0 Å². The van der Waals surface area contributed by atoms with Gasteiger partial charge in [0, 0.05) is 10.0 Å². The zero-order valence-corrected chi connectivity index (χ0v) is 13.8. The highest BCUT2D eigenvalue weighted by molar-refractivity contribution is 9.10. The van der Waals surface area contributed by atoms with Gasteiger partial charge in [-0.2, -0.15) is 0 Å². The molecule has 2 N–H and O–H groups in total. The van der Waals surface area contributed by atoms with Crippen molar-refractivity contribution in [1.29, 1.82) is 0 Å². The van der Waals surface area contributed by atoms with Gasteiger partial charge in [0.2, 0.25) is 0 Å². The lowest BCUT2D eigenvalue weighted by molar-refractivity contribution is -0.117. The van der Waals surface area contributed by atoms with Crippen LogP contribution in [0.2, 0.25) is 0 Å². The predicted molar refractivity (Wildman–Crippen MR) is 90.6 cm³/mol. The summed E-state index contributed by atoms with van der Waals surface area (Å²) >= 11 is 3.33. The molecule has 1 heterocycles. The Bertz CT molecular complexity index is 845. The van der Waals surface area contributed by atoms with Crippen molar-refractivity contribution in [2.75, 3.05) is 5.01 Å². The first kappa shape index (κ1) is 15.3. The van der Waals surface area contributed by atoms with Crippen molar-refractivity contribution in [1.82, 2.24) is 5.43 Å². The summed E-state index contributed by atoms with van der Waals surface area (Å²) in [6.07, 6.45) is 1.40. The Morgan fingerprint density at radius 3 is 2.70 bits per heavy atom. The predicted octanol–water partition coefficient (Wildman–Crippen LogP) is 2.92. The second-order valence-corrected chi connectivity index (χ2v) is 6.10. The monoisotopic (exact) mass is 372 g/mol. The first-order chi connectivity index (χ1) is 11.0. The summed E-state index contributed by atoms with van der Waals surface area (Å²) in [6, 6.07) is 12.0. The molecule has 0 atom stereocenters. The Kier molecular flexibility index (Phi) is 3.92. The third kappa shape index (κ3) is 2.98. The molecular formula is C17H13BrN2O3. The normalized spacial score (nSPS) is 16.1. The lowest BCUT2D eigenvalue weighted by atomic mass is 10.1. The molecule has 0 bridgehead atoms. The summed E-state index contributed by atoms with van der Waals surface area (Å²) in [5.74, 6) is -0.950. The van der Waals surface area contributed by atoms with Gasteiger partial charge in [-0.3, -0.25) is 15.0 Å². The van der Waals surface area contributed by atoms with E-state index in [1.165, 1.54) is 17.2 Å². The minimum absolute atomic E-state index is 0.0182. The molecule has 0 radical (unpaired) electrons. The molecule has 116 valence electrons. The standard InChI is InChI=1S/C17H13BrN2O3/c1-10-5-6-15(21)11(7-10)8-14-16(22)19-20(17(14)23)13-4-2-3-12(18)9-13/h2-9,21H,1H3,(H,19,22)/b14-8+. The smallest absolute Gasteiger partial charge is 0.282 e. The summed E-state index contributed by atoms with van der Waals surface area (Å²) in [4.78, 5) is 24.6. The maximum absolute atomic E-state index is 12.5. The highest BCUT2D eigenvalue weighted by Gasteiger charge is 2.34. The van der Waals surface area contributed by atoms with Crippen LogP contribution in [0.1, 0.15) is 11.1 Å². The Morgan fingerprint density at radius 2 is 1.96 bits per heavy atom. The van der Waals surface area contributed by atoms with Crippen LogP contribution < -0.4 is 10.4 Å². The SMILES string of the molecule is Cc1ccc(O)c(/C=C2\C(=O)NN(c3cccc(Br)c3)C2=O)c1. The van der Waals surface area contributed by atoms with Crippen molar-refractivity contribution >= 4 is 39.5 Å². The molecule has 3 rings (SSSR count). The van der Waals surface area contributed by atoms with E-state index in [9.17, 15) is 14.7 Å². The van der Waals surface area contributed by atoms with E-state index in [-0.39, 0.29) is 11.3 Å². The Morgan fingerprint density at radius 1 is 1.17 bits per heavy atom. The summed E-state index contributed by atoms with van der Waals surface area (Å²) in [5, 5.41) is 11.1. The number of hydrazine groups is 1. The summed E-state index contributed by atoms with van der Waals surface area (Å²) in [6.45, 7) is 1.87. The van der Waals surface area contributed by atoms with Crippen LogP contribution in [0.3, 0.4) is 0 Å². The number of hydrogen-bond donors (Lipinski definition) is 2. The number of phenolic OH excluding ortho intramolecular Hbond substituents is 1. The molecule has 1 fully saturated rings. The van der Waals surface area contributed by atoms with Crippen LogP contribution >= 0.6 is 15.9 Å². The number of carbonyl (C=O) groups is 2. The molecule has 1 aliphatic rings. The van der Waals surface area contributed by atoms with Gasteiger partial charge in [0.1, 0.15) is 11.3 Å². The van der Waals surface area contributed by atoms with Crippen molar-refractivity contribution in [2.45, 2.75) is 6.92 Å². The largest absolute Gasteiger partial charge is 0.507 e. The summed E-state index contributed by atoms with van der Waals surface area (Å²) in [5.41, 5.74) is 4.40. The fraction of sp³-hybridized carbons (Fsp3) is 0.0588. The zero-order valence-electron chi connectivity index (χ0n) is 12.2. The fourth-order valence-corrected chi connectivity index (χ4v) is 2.69. The first-order valence-corrected chi connectivity index (χ1v) is 7.67. The van der Waals surface area contributed by atoms with Crippen LogP contribution in [0.25, 0.3) is 6.08 Å². The van der Waals surface area contributed by atoms with E-state index in [0.29, 0.717) is 11.3 Å². The molecule has 1 aliphatic heterocycles. The van der Waals surface area contributed by atoms with Gasteiger partial charge in [0.05, 0.1) is 5.69 Å². The second-order valence-electron chi connectivity index (χ2n) is 5.18. The van der Waals surface area contributed by atoms with Crippen LogP contribution in [0.5, 0.6) is 5.75 Å². The maximum atomic E-state index is 12.5. The minimum atomic E-state index is -0.504. The van der Waals surface area contributed by atoms with Gasteiger partial charge in [-0.05, 0) is 43.3 Å². The molecule has 2 aromatic carbocycles. The van der Waals surface area contributed by atoms with Crippen LogP contribution in [-0.2, 0) is 9.59 Å². The molecule has 0 aliphatic carbocycles. The topological polar surface area (TPSA) is 69.6 Å². The third-order valence-electron chi connectivity index (χ3n) is 3.44. The number of benzene rings is 2. The molecule has 2 amide bonds. The average molecular weight is 373 g/mol. The van der Waals surface area contributed by atoms with E-state index in [2.05, 4.69) is 21.4 Å². The number of halogens is 1. The molecule has 0 unspecified atom stereocenters. The molecule has 23 heavy (non-hydrogen) atoms. The molecular weight excluding hydrogens is 360 g/mol. The van der Waals surface area contributed by atoms with Crippen LogP contribution in [0.15, 0.2) is 52.5 Å². The zero-order chi connectivity index (χ0) is 16.6. The maximum Gasteiger partial charge on any atom is 0.282 e. The van der Waals surface area contributed by atoms with Gasteiger partial charge in [-0.1, -0.05) is 33.6 Å². The van der Waals surface area contributed by atoms with Gasteiger partial charge < -0.3 is 5.11 Å². The molecule has 0 saturated carbocycles. The number of aryl methyl sites for hydroxylation is 1. The minimum Gasteiger partial charge on any atom is -0.507 e. The van der Waals surface area contributed by atoms with Crippen LogP contribution in [0.4, 0.5) is 5.69 Å². The Balaban J connectivity index is 1.99. The quantitative estimate of drug-likeness (QED) is 0.628. The molecule has 6 heteroatoms. The average Bonchev–Trinajstić information content (AvgIpc) is 2.79. The van der Waals surface area contributed by atoms with E-state index in [1.54, 1.807) is 30.3 Å². The fourth-order valence-electron chi connectivity index (χ4n) is 2.30. The first-order valence-electron chi connectivity index (χ1n) is 6.88. The number of aromatic hydroxyl groups is 1. The number of phenols is 1. The van der Waals surface area contributed by atoms with E-state index in [1.807, 2.05) is 13.0 Å². The molecule has 1 saturated heterocycles. The summed E-state index contributed by atoms with van der Waals surface area (Å²) < 4.78 is 0.797. The highest BCUT2D eigenvalue weighted by Crippen LogP contribution is 2.26. The molecule has 0 aromatic heterocycles. The Hall–Kier alpha value is -2.60. The van der Waals surface area contributed by atoms with Crippen molar-refractivity contribution in [3.63, 3.8) is 0 Å². The Labute approximate surface area is 141 Å². The lowest BCUT2D eigenvalue weighted by Gasteiger charge is -2.14. The van der Waals surface area contributed by atoms with Gasteiger partial charge in [-0.15, -0.1) is 0 Å². The van der Waals surface area contributed by atoms with Gasteiger partial charge in [0.25, 0.3) is 11.8 Å². The molecule has 5 nitrogen and oxygen atoms in total. The second kappa shape index (κ2) is 5.89. The van der Waals surface area contributed by atoms with Gasteiger partial charge in [0.15, 0.2) is 0 Å². The van der Waals surface area contributed by atoms with Crippen LogP contribution in [-0.4, -0.2) is 16.9 Å². The molecule has 2 aromatic rings. The molecule has 0 spiro atoms. The number of carbonyl (C=O) groups excluding carboxylic acids is 2. The highest BCUT2D eigenvalue weighted by atomic mass is 79.9. The van der Waals surface area contributed by atoms with Crippen molar-refractivity contribution in [3.8, 4) is 5.75 Å². The van der Waals surface area contributed by atoms with Gasteiger partial charge >= 0.3 is 0 Å². The lowest BCUT2D eigenvalue weighted by Crippen LogP contribution is -2.35. The number of nitrogens with zero attached hydrogens (tertiary/aromatic N) is 1.